The molecule has 0 fully saturated rings. The number of furan rings is 1. The molecule has 0 aromatic carbocycles. The number of aromatic nitrogens is 4. The fourth-order valence-corrected chi connectivity index (χ4v) is 2.23. The second-order valence-electron chi connectivity index (χ2n) is 5.53. The first-order chi connectivity index (χ1) is 9.29. The number of carbonyl (C=O) groups is 1. The Morgan fingerprint density at radius 1 is 1.50 bits per heavy atom. The van der Waals surface area contributed by atoms with Crippen molar-refractivity contribution in [3.05, 3.63) is 16.8 Å². The van der Waals surface area contributed by atoms with Gasteiger partial charge >= 0.3 is 5.97 Å². The third-order valence-corrected chi connectivity index (χ3v) is 3.38. The number of carboxylic acid groups (broad SMARTS) is 1. The van der Waals surface area contributed by atoms with Crippen LogP contribution in [0.3, 0.4) is 0 Å². The minimum absolute atomic E-state index is 0.0661. The summed E-state index contributed by atoms with van der Waals surface area (Å²) in [5, 5.41) is 20.6. The Balaban J connectivity index is 2.45. The third kappa shape index (κ3) is 3.06. The van der Waals surface area contributed by atoms with Crippen LogP contribution in [0.5, 0.6) is 0 Å². The molecule has 108 valence electrons. The average molecular weight is 343 g/mol. The Morgan fingerprint density at radius 2 is 2.20 bits per heavy atom. The van der Waals surface area contributed by atoms with Crippen LogP contribution in [0, 0.1) is 5.41 Å². The van der Waals surface area contributed by atoms with Gasteiger partial charge in [0.2, 0.25) is 5.82 Å². The normalized spacial score (nSPS) is 13.4. The molecule has 20 heavy (non-hydrogen) atoms. The van der Waals surface area contributed by atoms with Crippen LogP contribution >= 0.6 is 15.9 Å². The summed E-state index contributed by atoms with van der Waals surface area (Å²) in [6.45, 7) is 5.85. The molecule has 1 atom stereocenters. The lowest BCUT2D eigenvalue weighted by atomic mass is 9.85. The molecule has 2 rings (SSSR count). The summed E-state index contributed by atoms with van der Waals surface area (Å²) < 4.78 is 7.52. The zero-order valence-corrected chi connectivity index (χ0v) is 13.0. The fourth-order valence-electron chi connectivity index (χ4n) is 1.93. The van der Waals surface area contributed by atoms with Gasteiger partial charge in [-0.3, -0.25) is 4.79 Å². The Bertz CT molecular complexity index is 614. The molecule has 0 amide bonds. The Hall–Kier alpha value is -1.70. The maximum atomic E-state index is 11.1. The average Bonchev–Trinajstić information content (AvgIpc) is 2.92. The molecule has 7 nitrogen and oxygen atoms in total. The van der Waals surface area contributed by atoms with E-state index in [4.69, 9.17) is 9.52 Å². The molecule has 0 aliphatic heterocycles. The van der Waals surface area contributed by atoms with Crippen LogP contribution in [0.1, 0.15) is 33.2 Å². The monoisotopic (exact) mass is 342 g/mol. The van der Waals surface area contributed by atoms with E-state index in [0.717, 1.165) is 0 Å². The van der Waals surface area contributed by atoms with E-state index >= 15 is 0 Å². The fraction of sp³-hybridized carbons (Fsp3) is 0.500. The molecule has 2 heterocycles. The first-order valence-corrected chi connectivity index (χ1v) is 6.83. The van der Waals surface area contributed by atoms with Gasteiger partial charge in [0, 0.05) is 0 Å². The largest absolute Gasteiger partial charge is 0.481 e. The number of nitrogens with zero attached hydrogens (tertiary/aromatic N) is 4. The lowest BCUT2D eigenvalue weighted by Gasteiger charge is -2.29. The highest BCUT2D eigenvalue weighted by Gasteiger charge is 2.32. The topological polar surface area (TPSA) is 94.0 Å². The van der Waals surface area contributed by atoms with Crippen LogP contribution in [-0.2, 0) is 4.79 Å². The van der Waals surface area contributed by atoms with Crippen molar-refractivity contribution in [3.8, 4) is 11.6 Å². The van der Waals surface area contributed by atoms with Gasteiger partial charge in [-0.1, -0.05) is 20.8 Å². The van der Waals surface area contributed by atoms with E-state index in [1.165, 1.54) is 4.68 Å². The molecule has 0 aliphatic rings. The van der Waals surface area contributed by atoms with Gasteiger partial charge in [-0.05, 0) is 43.9 Å². The van der Waals surface area contributed by atoms with Crippen molar-refractivity contribution in [3.63, 3.8) is 0 Å². The first kappa shape index (κ1) is 14.7. The molecule has 0 spiro atoms. The van der Waals surface area contributed by atoms with Crippen molar-refractivity contribution in [1.29, 1.82) is 0 Å². The Morgan fingerprint density at radius 3 is 2.70 bits per heavy atom. The molecular formula is C12H15BrN4O3. The zero-order valence-electron chi connectivity index (χ0n) is 11.4. The van der Waals surface area contributed by atoms with Crippen molar-refractivity contribution in [2.75, 3.05) is 0 Å². The highest BCUT2D eigenvalue weighted by Crippen LogP contribution is 2.35. The number of hydrogen-bond acceptors (Lipinski definition) is 5. The van der Waals surface area contributed by atoms with Gasteiger partial charge in [-0.2, -0.15) is 0 Å². The maximum absolute atomic E-state index is 11.1. The number of hydrogen-bond donors (Lipinski definition) is 1. The summed E-state index contributed by atoms with van der Waals surface area (Å²) in [7, 11) is 0. The van der Waals surface area contributed by atoms with Gasteiger partial charge in [0.25, 0.3) is 0 Å². The van der Waals surface area contributed by atoms with E-state index in [-0.39, 0.29) is 17.9 Å². The van der Waals surface area contributed by atoms with Gasteiger partial charge in [-0.15, -0.1) is 5.10 Å². The Labute approximate surface area is 124 Å². The molecule has 2 aromatic rings. The van der Waals surface area contributed by atoms with Gasteiger partial charge in [0.1, 0.15) is 0 Å². The van der Waals surface area contributed by atoms with Gasteiger partial charge < -0.3 is 9.52 Å². The lowest BCUT2D eigenvalue weighted by molar-refractivity contribution is -0.138. The standard InChI is InChI=1S/C12H15BrN4O3/c1-12(2,3)8(6-10(18)19)17-11(14-15-16-17)7-4-5-9(13)20-7/h4-5,8H,6H2,1-3H3,(H,18,19). The maximum Gasteiger partial charge on any atom is 0.305 e. The van der Waals surface area contributed by atoms with Gasteiger partial charge in [0.05, 0.1) is 12.5 Å². The molecule has 1 unspecified atom stereocenters. The molecule has 8 heteroatoms. The molecular weight excluding hydrogens is 328 g/mol. The zero-order chi connectivity index (χ0) is 14.9. The van der Waals surface area contributed by atoms with Crippen LogP contribution in [0.25, 0.3) is 11.6 Å². The lowest BCUT2D eigenvalue weighted by Crippen LogP contribution is -2.28. The molecule has 0 saturated heterocycles. The summed E-state index contributed by atoms with van der Waals surface area (Å²) >= 11 is 3.22. The quantitative estimate of drug-likeness (QED) is 0.917. The predicted molar refractivity (Wildman–Crippen MR) is 74.0 cm³/mol. The van der Waals surface area contributed by atoms with Gasteiger partial charge in [0.15, 0.2) is 10.4 Å². The predicted octanol–water partition coefficient (Wildman–Crippen LogP) is 2.76. The summed E-state index contributed by atoms with van der Waals surface area (Å²) in [6, 6.07) is 3.08. The van der Waals surface area contributed by atoms with Crippen LogP contribution in [0.2, 0.25) is 0 Å². The SMILES string of the molecule is CC(C)(C)C(CC(=O)O)n1nnnc1-c1ccc(Br)o1. The van der Waals surface area contributed by atoms with E-state index in [1.807, 2.05) is 20.8 Å². The van der Waals surface area contributed by atoms with E-state index in [9.17, 15) is 4.79 Å². The second kappa shape index (κ2) is 5.35. The van der Waals surface area contributed by atoms with Gasteiger partial charge in [-0.25, -0.2) is 4.68 Å². The molecule has 0 aliphatic carbocycles. The Kier molecular flexibility index (Phi) is 3.94. The molecule has 1 N–H and O–H groups in total. The van der Waals surface area contributed by atoms with E-state index in [1.54, 1.807) is 12.1 Å². The molecule has 2 aromatic heterocycles. The third-order valence-electron chi connectivity index (χ3n) is 2.95. The summed E-state index contributed by atoms with van der Waals surface area (Å²) in [5.74, 6) is 0.00499. The van der Waals surface area contributed by atoms with E-state index in [2.05, 4.69) is 31.5 Å². The van der Waals surface area contributed by atoms with Crippen molar-refractivity contribution in [1.82, 2.24) is 20.2 Å². The van der Waals surface area contributed by atoms with Crippen molar-refractivity contribution >= 4 is 21.9 Å². The van der Waals surface area contributed by atoms with Crippen LogP contribution in [0.15, 0.2) is 21.2 Å². The highest BCUT2D eigenvalue weighted by atomic mass is 79.9. The summed E-state index contributed by atoms with van der Waals surface area (Å²) in [4.78, 5) is 11.1. The number of halogens is 1. The first-order valence-electron chi connectivity index (χ1n) is 6.04. The minimum Gasteiger partial charge on any atom is -0.481 e. The van der Waals surface area contributed by atoms with Crippen molar-refractivity contribution < 1.29 is 14.3 Å². The highest BCUT2D eigenvalue weighted by molar-refractivity contribution is 9.10. The van der Waals surface area contributed by atoms with E-state index in [0.29, 0.717) is 16.3 Å². The molecule has 0 saturated carbocycles. The summed E-state index contributed by atoms with van der Waals surface area (Å²) in [5.41, 5.74) is -0.313. The summed E-state index contributed by atoms with van der Waals surface area (Å²) in [6.07, 6.45) is -0.0661. The number of tetrazole rings is 1. The number of rotatable bonds is 4. The van der Waals surface area contributed by atoms with E-state index < -0.39 is 5.97 Å². The van der Waals surface area contributed by atoms with Crippen LogP contribution in [-0.4, -0.2) is 31.3 Å². The van der Waals surface area contributed by atoms with Crippen molar-refractivity contribution in [2.45, 2.75) is 33.2 Å². The molecule has 0 bridgehead atoms. The number of carboxylic acids is 1. The van der Waals surface area contributed by atoms with Crippen LogP contribution in [0.4, 0.5) is 0 Å². The van der Waals surface area contributed by atoms with Crippen LogP contribution < -0.4 is 0 Å². The van der Waals surface area contributed by atoms with Crippen molar-refractivity contribution in [2.24, 2.45) is 5.41 Å². The minimum atomic E-state index is -0.896. The molecule has 0 radical (unpaired) electrons. The number of aliphatic carboxylic acids is 1. The smallest absolute Gasteiger partial charge is 0.305 e. The second-order valence-corrected chi connectivity index (χ2v) is 6.31.